The van der Waals surface area contributed by atoms with E-state index < -0.39 is 23.3 Å². The van der Waals surface area contributed by atoms with Gasteiger partial charge in [0.15, 0.2) is 5.78 Å². The molecular weight excluding hydrogens is 434 g/mol. The molecule has 1 fully saturated rings. The molecule has 0 heterocycles. The summed E-state index contributed by atoms with van der Waals surface area (Å²) in [5.74, 6) is -2.32. The summed E-state index contributed by atoms with van der Waals surface area (Å²) in [4.78, 5) is 25.5. The normalized spacial score (nSPS) is 13.0. The molecule has 0 bridgehead atoms. The van der Waals surface area contributed by atoms with Crippen LogP contribution in [0, 0.1) is 23.0 Å². The fourth-order valence-electron chi connectivity index (χ4n) is 3.43. The molecule has 0 aromatic heterocycles. The Bertz CT molecular complexity index is 1220. The first-order valence-corrected chi connectivity index (χ1v) is 10.5. The van der Waals surface area contributed by atoms with Crippen LogP contribution in [0.25, 0.3) is 0 Å². The van der Waals surface area contributed by atoms with E-state index in [2.05, 4.69) is 5.32 Å². The maximum atomic E-state index is 14.6. The Kier molecular flexibility index (Phi) is 6.15. The number of carbonyl (C=O) groups excluding carboxylic acids is 2. The molecule has 32 heavy (non-hydrogen) atoms. The lowest BCUT2D eigenvalue weighted by molar-refractivity contribution is 0.0988. The van der Waals surface area contributed by atoms with Crippen molar-refractivity contribution in [1.82, 2.24) is 0 Å². The van der Waals surface area contributed by atoms with E-state index in [0.29, 0.717) is 22.0 Å². The van der Waals surface area contributed by atoms with E-state index in [-0.39, 0.29) is 29.0 Å². The van der Waals surface area contributed by atoms with Crippen molar-refractivity contribution < 1.29 is 18.4 Å². The molecule has 3 aromatic rings. The third kappa shape index (κ3) is 4.92. The quantitative estimate of drug-likeness (QED) is 0.337. The van der Waals surface area contributed by atoms with E-state index >= 15 is 0 Å². The maximum Gasteiger partial charge on any atom is 0.256 e. The van der Waals surface area contributed by atoms with Gasteiger partial charge in [0, 0.05) is 34.3 Å². The second kappa shape index (κ2) is 9.01. The van der Waals surface area contributed by atoms with Crippen LogP contribution in [-0.4, -0.2) is 17.4 Å². The van der Waals surface area contributed by atoms with Crippen LogP contribution in [0.2, 0.25) is 5.02 Å². The Labute approximate surface area is 188 Å². The monoisotopic (exact) mass is 452 g/mol. The Morgan fingerprint density at radius 3 is 2.34 bits per heavy atom. The summed E-state index contributed by atoms with van der Waals surface area (Å²) in [5, 5.41) is 11.2. The Balaban J connectivity index is 1.55. The van der Waals surface area contributed by atoms with Gasteiger partial charge in [0.1, 0.15) is 11.6 Å². The first-order valence-electron chi connectivity index (χ1n) is 10.1. The van der Waals surface area contributed by atoms with Crippen molar-refractivity contribution in [3.63, 3.8) is 0 Å². The van der Waals surface area contributed by atoms with Crippen molar-refractivity contribution in [1.29, 1.82) is 5.41 Å². The molecule has 1 saturated carbocycles. The fraction of sp³-hybridized carbons (Fsp3) is 0.160. The predicted molar refractivity (Wildman–Crippen MR) is 120 cm³/mol. The van der Waals surface area contributed by atoms with E-state index in [9.17, 15) is 18.4 Å². The van der Waals surface area contributed by atoms with Crippen LogP contribution in [0.5, 0.6) is 0 Å². The number of halogens is 3. The number of ketones is 1. The van der Waals surface area contributed by atoms with E-state index in [1.807, 2.05) is 0 Å². The minimum Gasteiger partial charge on any atom is -0.322 e. The molecule has 0 unspecified atom stereocenters. The molecule has 3 aromatic carbocycles. The molecule has 7 heteroatoms. The molecule has 4 nitrogen and oxygen atoms in total. The van der Waals surface area contributed by atoms with Gasteiger partial charge in [-0.3, -0.25) is 9.59 Å². The van der Waals surface area contributed by atoms with Gasteiger partial charge in [0.2, 0.25) is 0 Å². The van der Waals surface area contributed by atoms with Crippen LogP contribution < -0.4 is 5.32 Å². The van der Waals surface area contributed by atoms with Crippen LogP contribution >= 0.6 is 11.6 Å². The standard InChI is InChI=1S/C25H19ClF2N2O2/c26-17-5-8-19(9-6-17)30-25(32)21-13-18(27)7-3-15(21)12-23(31)20-10-4-16(11-22(20)28)24(29)14-1-2-14/h3-11,13-14,29H,1-2,12H2,(H,30,32). The van der Waals surface area contributed by atoms with Gasteiger partial charge >= 0.3 is 0 Å². The highest BCUT2D eigenvalue weighted by atomic mass is 35.5. The Hall–Kier alpha value is -3.38. The van der Waals surface area contributed by atoms with Gasteiger partial charge in [-0.15, -0.1) is 0 Å². The second-order valence-electron chi connectivity index (χ2n) is 7.75. The number of anilines is 1. The van der Waals surface area contributed by atoms with Crippen molar-refractivity contribution in [2.24, 2.45) is 5.92 Å². The van der Waals surface area contributed by atoms with Crippen LogP contribution in [-0.2, 0) is 6.42 Å². The Morgan fingerprint density at radius 1 is 0.969 bits per heavy atom. The van der Waals surface area contributed by atoms with Gasteiger partial charge in [0.25, 0.3) is 5.91 Å². The third-order valence-electron chi connectivity index (χ3n) is 5.34. The molecule has 0 spiro atoms. The summed E-state index contributed by atoms with van der Waals surface area (Å²) in [6.45, 7) is 0. The summed E-state index contributed by atoms with van der Waals surface area (Å²) < 4.78 is 28.5. The number of nitrogens with one attached hydrogen (secondary N) is 2. The molecule has 4 rings (SSSR count). The van der Waals surface area contributed by atoms with Gasteiger partial charge in [-0.2, -0.15) is 0 Å². The highest BCUT2D eigenvalue weighted by Crippen LogP contribution is 2.33. The zero-order valence-electron chi connectivity index (χ0n) is 16.9. The minimum atomic E-state index is -0.716. The number of amides is 1. The second-order valence-corrected chi connectivity index (χ2v) is 8.18. The van der Waals surface area contributed by atoms with Gasteiger partial charge in [-0.05, 0) is 72.5 Å². The molecule has 2 N–H and O–H groups in total. The molecule has 1 aliphatic carbocycles. The number of Topliss-reactive ketones (excluding diaryl/α,β-unsaturated/α-hetero) is 1. The van der Waals surface area contributed by atoms with Crippen LogP contribution in [0.3, 0.4) is 0 Å². The fourth-order valence-corrected chi connectivity index (χ4v) is 3.56. The molecule has 0 saturated heterocycles. The van der Waals surface area contributed by atoms with Crippen molar-refractivity contribution >= 4 is 34.7 Å². The molecule has 0 atom stereocenters. The van der Waals surface area contributed by atoms with Gasteiger partial charge < -0.3 is 10.7 Å². The maximum absolute atomic E-state index is 14.6. The minimum absolute atomic E-state index is 0.0131. The molecule has 162 valence electrons. The number of hydrogen-bond acceptors (Lipinski definition) is 3. The predicted octanol–water partition coefficient (Wildman–Crippen LogP) is 6.07. The van der Waals surface area contributed by atoms with E-state index in [1.54, 1.807) is 30.3 Å². The zero-order valence-corrected chi connectivity index (χ0v) is 17.7. The molecular formula is C25H19ClF2N2O2. The van der Waals surface area contributed by atoms with Crippen molar-refractivity contribution in [2.75, 3.05) is 5.32 Å². The summed E-state index contributed by atoms with van der Waals surface area (Å²) in [6.07, 6.45) is 1.57. The lowest BCUT2D eigenvalue weighted by Crippen LogP contribution is -2.17. The van der Waals surface area contributed by atoms with E-state index in [1.165, 1.54) is 18.2 Å². The van der Waals surface area contributed by atoms with Crippen LogP contribution in [0.4, 0.5) is 14.5 Å². The number of rotatable bonds is 7. The van der Waals surface area contributed by atoms with E-state index in [4.69, 9.17) is 17.0 Å². The highest BCUT2D eigenvalue weighted by Gasteiger charge is 2.28. The summed E-state index contributed by atoms with van der Waals surface area (Å²) in [6, 6.07) is 14.1. The summed E-state index contributed by atoms with van der Waals surface area (Å²) >= 11 is 5.84. The number of hydrogen-bond donors (Lipinski definition) is 2. The molecule has 0 radical (unpaired) electrons. The van der Waals surface area contributed by atoms with Gasteiger partial charge in [0.05, 0.1) is 5.56 Å². The van der Waals surface area contributed by atoms with Gasteiger partial charge in [-0.1, -0.05) is 23.7 Å². The first-order chi connectivity index (χ1) is 15.3. The molecule has 1 amide bonds. The molecule has 0 aliphatic heterocycles. The average Bonchev–Trinajstić information content (AvgIpc) is 3.61. The molecule has 1 aliphatic rings. The summed E-state index contributed by atoms with van der Waals surface area (Å²) in [7, 11) is 0. The highest BCUT2D eigenvalue weighted by molar-refractivity contribution is 6.30. The Morgan fingerprint density at radius 2 is 1.69 bits per heavy atom. The van der Waals surface area contributed by atoms with Crippen molar-refractivity contribution in [3.8, 4) is 0 Å². The van der Waals surface area contributed by atoms with Crippen LogP contribution in [0.15, 0.2) is 60.7 Å². The van der Waals surface area contributed by atoms with Gasteiger partial charge in [-0.25, -0.2) is 8.78 Å². The first kappa shape index (κ1) is 21.8. The van der Waals surface area contributed by atoms with Crippen LogP contribution in [0.1, 0.15) is 44.7 Å². The summed E-state index contributed by atoms with van der Waals surface area (Å²) in [5.41, 5.74) is 1.43. The topological polar surface area (TPSA) is 70.0 Å². The SMILES string of the molecule is N=C(c1ccc(C(=O)Cc2ccc(F)cc2C(=O)Nc2ccc(Cl)cc2)c(F)c1)C1CC1. The largest absolute Gasteiger partial charge is 0.322 e. The lowest BCUT2D eigenvalue weighted by Gasteiger charge is -2.11. The number of benzene rings is 3. The third-order valence-corrected chi connectivity index (χ3v) is 5.59. The van der Waals surface area contributed by atoms with Crippen molar-refractivity contribution in [2.45, 2.75) is 19.3 Å². The van der Waals surface area contributed by atoms with E-state index in [0.717, 1.165) is 25.0 Å². The average molecular weight is 453 g/mol. The number of carbonyl (C=O) groups is 2. The lowest BCUT2D eigenvalue weighted by atomic mass is 9.96. The smallest absolute Gasteiger partial charge is 0.256 e. The zero-order chi connectivity index (χ0) is 22.8. The van der Waals surface area contributed by atoms with Crippen molar-refractivity contribution in [3.05, 3.63) is 99.6 Å².